The van der Waals surface area contributed by atoms with Crippen molar-refractivity contribution in [2.45, 2.75) is 19.8 Å². The molecule has 132 valence electrons. The van der Waals surface area contributed by atoms with Crippen molar-refractivity contribution in [2.75, 3.05) is 36.4 Å². The molecule has 1 aliphatic rings. The molecule has 3 rings (SSSR count). The Balaban J connectivity index is 1.61. The van der Waals surface area contributed by atoms with Crippen LogP contribution in [0, 0.1) is 5.82 Å². The summed E-state index contributed by atoms with van der Waals surface area (Å²) in [5, 5.41) is 2.77. The second-order valence-corrected chi connectivity index (χ2v) is 6.63. The number of benzene rings is 2. The fourth-order valence-electron chi connectivity index (χ4n) is 3.18. The molecule has 0 aromatic heterocycles. The number of hydrogen-bond acceptors (Lipinski definition) is 2. The van der Waals surface area contributed by atoms with Crippen molar-refractivity contribution in [3.05, 3.63) is 59.9 Å². The van der Waals surface area contributed by atoms with Crippen LogP contribution >= 0.6 is 0 Å². The number of hydrogen-bond donors (Lipinski definition) is 1. The first kappa shape index (κ1) is 17.3. The molecule has 0 unspecified atom stereocenters. The molecule has 2 aromatic rings. The summed E-state index contributed by atoms with van der Waals surface area (Å²) in [6.07, 6.45) is 0. The number of carbonyl (C=O) groups is 1. The molecular formula is C20H24FN3O. The van der Waals surface area contributed by atoms with Crippen molar-refractivity contribution in [1.82, 2.24) is 4.90 Å². The minimum atomic E-state index is -0.354. The zero-order valence-corrected chi connectivity index (χ0v) is 14.7. The fraction of sp³-hybridized carbons (Fsp3) is 0.350. The predicted octanol–water partition coefficient (Wildman–Crippen LogP) is 4.30. The molecule has 25 heavy (non-hydrogen) atoms. The van der Waals surface area contributed by atoms with Gasteiger partial charge in [-0.15, -0.1) is 0 Å². The van der Waals surface area contributed by atoms with Gasteiger partial charge in [0.15, 0.2) is 0 Å². The maximum Gasteiger partial charge on any atom is 0.321 e. The third-order valence-corrected chi connectivity index (χ3v) is 4.54. The summed E-state index contributed by atoms with van der Waals surface area (Å²) >= 11 is 0. The van der Waals surface area contributed by atoms with E-state index in [9.17, 15) is 9.18 Å². The fourth-order valence-corrected chi connectivity index (χ4v) is 3.18. The lowest BCUT2D eigenvalue weighted by Gasteiger charge is -2.37. The predicted molar refractivity (Wildman–Crippen MR) is 99.7 cm³/mol. The quantitative estimate of drug-likeness (QED) is 0.903. The molecule has 4 nitrogen and oxygen atoms in total. The number of anilines is 2. The van der Waals surface area contributed by atoms with Gasteiger partial charge in [-0.05, 0) is 35.7 Å². The highest BCUT2D eigenvalue weighted by Gasteiger charge is 2.23. The molecule has 1 N–H and O–H groups in total. The van der Waals surface area contributed by atoms with E-state index in [0.29, 0.717) is 24.7 Å². The highest BCUT2D eigenvalue weighted by atomic mass is 19.1. The average Bonchev–Trinajstić information content (AvgIpc) is 2.62. The van der Waals surface area contributed by atoms with Crippen molar-refractivity contribution in [2.24, 2.45) is 0 Å². The SMILES string of the molecule is CC(C)c1ccccc1N1CCN(C(=O)Nc2cccc(F)c2)CC1. The van der Waals surface area contributed by atoms with Crippen molar-refractivity contribution >= 4 is 17.4 Å². The molecule has 1 aliphatic heterocycles. The average molecular weight is 341 g/mol. The van der Waals surface area contributed by atoms with E-state index >= 15 is 0 Å². The molecule has 2 amide bonds. The Kier molecular flexibility index (Phi) is 5.22. The molecule has 0 atom stereocenters. The molecule has 1 saturated heterocycles. The van der Waals surface area contributed by atoms with Crippen LogP contribution in [-0.4, -0.2) is 37.1 Å². The molecular weight excluding hydrogens is 317 g/mol. The second-order valence-electron chi connectivity index (χ2n) is 6.63. The first-order valence-corrected chi connectivity index (χ1v) is 8.70. The van der Waals surface area contributed by atoms with Gasteiger partial charge < -0.3 is 15.1 Å². The molecule has 0 saturated carbocycles. The van der Waals surface area contributed by atoms with Crippen LogP contribution in [0.3, 0.4) is 0 Å². The van der Waals surface area contributed by atoms with E-state index in [2.05, 4.69) is 48.3 Å². The van der Waals surface area contributed by atoms with E-state index in [1.165, 1.54) is 23.4 Å². The Morgan fingerprint density at radius 2 is 1.76 bits per heavy atom. The van der Waals surface area contributed by atoms with E-state index < -0.39 is 0 Å². The van der Waals surface area contributed by atoms with Crippen LogP contribution in [0.4, 0.5) is 20.6 Å². The summed E-state index contributed by atoms with van der Waals surface area (Å²) in [6.45, 7) is 7.27. The van der Waals surface area contributed by atoms with Crippen LogP contribution in [0.5, 0.6) is 0 Å². The molecule has 0 radical (unpaired) electrons. The monoisotopic (exact) mass is 341 g/mol. The van der Waals surface area contributed by atoms with Crippen LogP contribution in [0.2, 0.25) is 0 Å². The smallest absolute Gasteiger partial charge is 0.321 e. The number of amides is 2. The van der Waals surface area contributed by atoms with Gasteiger partial charge in [-0.2, -0.15) is 0 Å². The minimum absolute atomic E-state index is 0.178. The van der Waals surface area contributed by atoms with Crippen molar-refractivity contribution in [3.63, 3.8) is 0 Å². The molecule has 0 bridgehead atoms. The summed E-state index contributed by atoms with van der Waals surface area (Å²) in [7, 11) is 0. The molecule has 2 aromatic carbocycles. The number of urea groups is 1. The summed E-state index contributed by atoms with van der Waals surface area (Å²) in [6, 6.07) is 14.2. The van der Waals surface area contributed by atoms with E-state index in [1.54, 1.807) is 17.0 Å². The zero-order chi connectivity index (χ0) is 17.8. The third kappa shape index (κ3) is 4.10. The summed E-state index contributed by atoms with van der Waals surface area (Å²) < 4.78 is 13.2. The maximum atomic E-state index is 13.2. The topological polar surface area (TPSA) is 35.6 Å². The van der Waals surface area contributed by atoms with Gasteiger partial charge in [0, 0.05) is 37.6 Å². The Morgan fingerprint density at radius 1 is 1.04 bits per heavy atom. The van der Waals surface area contributed by atoms with Gasteiger partial charge >= 0.3 is 6.03 Å². The number of para-hydroxylation sites is 1. The minimum Gasteiger partial charge on any atom is -0.368 e. The highest BCUT2D eigenvalue weighted by molar-refractivity contribution is 5.89. The van der Waals surface area contributed by atoms with Gasteiger partial charge in [-0.3, -0.25) is 0 Å². The highest BCUT2D eigenvalue weighted by Crippen LogP contribution is 2.28. The Bertz CT molecular complexity index is 739. The summed E-state index contributed by atoms with van der Waals surface area (Å²) in [4.78, 5) is 16.5. The van der Waals surface area contributed by atoms with Crippen molar-refractivity contribution < 1.29 is 9.18 Å². The summed E-state index contributed by atoms with van der Waals surface area (Å²) in [5.41, 5.74) is 3.07. The lowest BCUT2D eigenvalue weighted by Crippen LogP contribution is -2.50. The first-order valence-electron chi connectivity index (χ1n) is 8.70. The molecule has 5 heteroatoms. The van der Waals surface area contributed by atoms with Gasteiger partial charge in [-0.1, -0.05) is 38.1 Å². The maximum absolute atomic E-state index is 13.2. The lowest BCUT2D eigenvalue weighted by atomic mass is 10.00. The Labute approximate surface area is 148 Å². The number of piperazine rings is 1. The molecule has 0 aliphatic carbocycles. The largest absolute Gasteiger partial charge is 0.368 e. The van der Waals surface area contributed by atoms with E-state index in [1.807, 2.05) is 0 Å². The molecule has 0 spiro atoms. The van der Waals surface area contributed by atoms with Gasteiger partial charge in [-0.25, -0.2) is 9.18 Å². The lowest BCUT2D eigenvalue weighted by molar-refractivity contribution is 0.208. The van der Waals surface area contributed by atoms with Gasteiger partial charge in [0.1, 0.15) is 5.82 Å². The first-order chi connectivity index (χ1) is 12.0. The van der Waals surface area contributed by atoms with E-state index in [-0.39, 0.29) is 11.8 Å². The number of nitrogens with one attached hydrogen (secondary N) is 1. The van der Waals surface area contributed by atoms with Crippen LogP contribution in [-0.2, 0) is 0 Å². The van der Waals surface area contributed by atoms with Gasteiger partial charge in [0.2, 0.25) is 0 Å². The number of carbonyl (C=O) groups excluding carboxylic acids is 1. The van der Waals surface area contributed by atoms with Gasteiger partial charge in [0.05, 0.1) is 0 Å². The summed E-state index contributed by atoms with van der Waals surface area (Å²) in [5.74, 6) is 0.110. The van der Waals surface area contributed by atoms with Crippen LogP contribution < -0.4 is 10.2 Å². The normalized spacial score (nSPS) is 14.7. The van der Waals surface area contributed by atoms with Crippen LogP contribution in [0.25, 0.3) is 0 Å². The van der Waals surface area contributed by atoms with Crippen LogP contribution in [0.1, 0.15) is 25.3 Å². The Hall–Kier alpha value is -2.56. The number of nitrogens with zero attached hydrogens (tertiary/aromatic N) is 2. The third-order valence-electron chi connectivity index (χ3n) is 4.54. The molecule has 1 heterocycles. The number of halogens is 1. The van der Waals surface area contributed by atoms with E-state index in [0.717, 1.165) is 13.1 Å². The zero-order valence-electron chi connectivity index (χ0n) is 14.7. The van der Waals surface area contributed by atoms with E-state index in [4.69, 9.17) is 0 Å². The number of rotatable bonds is 3. The van der Waals surface area contributed by atoms with Crippen molar-refractivity contribution in [1.29, 1.82) is 0 Å². The van der Waals surface area contributed by atoms with Crippen LogP contribution in [0.15, 0.2) is 48.5 Å². The Morgan fingerprint density at radius 3 is 2.44 bits per heavy atom. The van der Waals surface area contributed by atoms with Gasteiger partial charge in [0.25, 0.3) is 0 Å². The van der Waals surface area contributed by atoms with Crippen molar-refractivity contribution in [3.8, 4) is 0 Å². The molecule has 1 fully saturated rings. The standard InChI is InChI=1S/C20H24FN3O/c1-15(2)18-8-3-4-9-19(18)23-10-12-24(13-11-23)20(25)22-17-7-5-6-16(21)14-17/h3-9,14-15H,10-13H2,1-2H3,(H,22,25). The second kappa shape index (κ2) is 7.55.